The van der Waals surface area contributed by atoms with Gasteiger partial charge < -0.3 is 5.73 Å². The number of halogens is 3. The van der Waals surface area contributed by atoms with Crippen LogP contribution in [0, 0.1) is 5.41 Å². The van der Waals surface area contributed by atoms with Crippen molar-refractivity contribution in [1.82, 2.24) is 9.78 Å². The van der Waals surface area contributed by atoms with E-state index in [0.717, 1.165) is 0 Å². The molecule has 0 spiro atoms. The summed E-state index contributed by atoms with van der Waals surface area (Å²) in [4.78, 5) is 0. The second-order valence-electron chi connectivity index (χ2n) is 5.09. The summed E-state index contributed by atoms with van der Waals surface area (Å²) in [6.07, 6.45) is -2.52. The van der Waals surface area contributed by atoms with Crippen LogP contribution in [0.15, 0.2) is 6.20 Å². The lowest BCUT2D eigenvalue weighted by atomic mass is 9.97. The second-order valence-corrected chi connectivity index (χ2v) is 5.09. The lowest BCUT2D eigenvalue weighted by molar-refractivity contribution is -0.142. The van der Waals surface area contributed by atoms with Crippen molar-refractivity contribution in [2.75, 3.05) is 0 Å². The Bertz CT molecular complexity index is 433. The molecule has 0 aliphatic heterocycles. The number of hydrogen-bond acceptors (Lipinski definition) is 2. The van der Waals surface area contributed by atoms with Gasteiger partial charge in [0, 0.05) is 18.8 Å². The smallest absolute Gasteiger partial charge is 0.321 e. The van der Waals surface area contributed by atoms with Gasteiger partial charge in [0.1, 0.15) is 0 Å². The standard InChI is InChI=1S/C10H14F3N3/c1-8(2)5-9(8,14)6-4-16(3)15-7(6)10(11,12)13/h4H,5,14H2,1-3H3. The number of aromatic nitrogens is 2. The molecule has 1 atom stereocenters. The molecule has 1 aromatic rings. The number of rotatable bonds is 1. The minimum absolute atomic E-state index is 0.104. The third-order valence-electron chi connectivity index (χ3n) is 3.38. The van der Waals surface area contributed by atoms with E-state index in [9.17, 15) is 13.2 Å². The molecule has 3 nitrogen and oxygen atoms in total. The zero-order valence-electron chi connectivity index (χ0n) is 9.39. The molecule has 1 saturated carbocycles. The van der Waals surface area contributed by atoms with Gasteiger partial charge in [0.05, 0.1) is 5.54 Å². The van der Waals surface area contributed by atoms with Gasteiger partial charge in [-0.2, -0.15) is 18.3 Å². The average molecular weight is 233 g/mol. The SMILES string of the molecule is Cn1cc(C2(N)CC2(C)C)c(C(F)(F)F)n1. The Balaban J connectivity index is 2.51. The Kier molecular flexibility index (Phi) is 2.00. The fraction of sp³-hybridized carbons (Fsp3) is 0.700. The van der Waals surface area contributed by atoms with Crippen LogP contribution < -0.4 is 5.73 Å². The molecule has 1 fully saturated rings. The van der Waals surface area contributed by atoms with Crippen molar-refractivity contribution in [2.45, 2.75) is 32.0 Å². The summed E-state index contributed by atoms with van der Waals surface area (Å²) >= 11 is 0. The van der Waals surface area contributed by atoms with Gasteiger partial charge in [0.15, 0.2) is 5.69 Å². The van der Waals surface area contributed by atoms with Crippen molar-refractivity contribution in [3.05, 3.63) is 17.5 Å². The molecule has 1 aliphatic carbocycles. The van der Waals surface area contributed by atoms with Crippen molar-refractivity contribution in [3.8, 4) is 0 Å². The van der Waals surface area contributed by atoms with Crippen LogP contribution in [-0.2, 0) is 18.8 Å². The van der Waals surface area contributed by atoms with Crippen molar-refractivity contribution < 1.29 is 13.2 Å². The predicted molar refractivity (Wildman–Crippen MR) is 52.5 cm³/mol. The van der Waals surface area contributed by atoms with E-state index in [0.29, 0.717) is 6.42 Å². The number of nitrogens with two attached hydrogens (primary N) is 1. The number of nitrogens with zero attached hydrogens (tertiary/aromatic N) is 2. The van der Waals surface area contributed by atoms with Crippen LogP contribution in [-0.4, -0.2) is 9.78 Å². The van der Waals surface area contributed by atoms with E-state index in [2.05, 4.69) is 5.10 Å². The maximum absolute atomic E-state index is 12.7. The van der Waals surface area contributed by atoms with Gasteiger partial charge in [-0.05, 0) is 11.8 Å². The van der Waals surface area contributed by atoms with E-state index in [1.807, 2.05) is 13.8 Å². The highest BCUT2D eigenvalue weighted by Gasteiger charge is 2.62. The van der Waals surface area contributed by atoms with Crippen molar-refractivity contribution >= 4 is 0 Å². The molecule has 1 aromatic heterocycles. The molecule has 1 aliphatic rings. The summed E-state index contributed by atoms with van der Waals surface area (Å²) < 4.78 is 39.4. The summed E-state index contributed by atoms with van der Waals surface area (Å²) in [5.74, 6) is 0. The van der Waals surface area contributed by atoms with Crippen LogP contribution in [0.5, 0.6) is 0 Å². The van der Waals surface area contributed by atoms with E-state index in [1.54, 1.807) is 0 Å². The second kappa shape index (κ2) is 2.80. The summed E-state index contributed by atoms with van der Waals surface area (Å²) in [5, 5.41) is 3.47. The van der Waals surface area contributed by atoms with Gasteiger partial charge >= 0.3 is 6.18 Å². The van der Waals surface area contributed by atoms with Gasteiger partial charge in [0.2, 0.25) is 0 Å². The first-order valence-corrected chi connectivity index (χ1v) is 4.98. The zero-order chi connectivity index (χ0) is 12.4. The lowest BCUT2D eigenvalue weighted by Crippen LogP contribution is -2.28. The summed E-state index contributed by atoms with van der Waals surface area (Å²) in [5.41, 5.74) is 4.06. The Morgan fingerprint density at radius 1 is 1.44 bits per heavy atom. The third kappa shape index (κ3) is 1.43. The normalized spacial score (nSPS) is 28.2. The van der Waals surface area contributed by atoms with Gasteiger partial charge in [-0.25, -0.2) is 0 Å². The first-order valence-electron chi connectivity index (χ1n) is 4.98. The molecule has 1 unspecified atom stereocenters. The molecule has 0 aromatic carbocycles. The predicted octanol–water partition coefficient (Wildman–Crippen LogP) is 2.02. The van der Waals surface area contributed by atoms with Crippen LogP contribution in [0.4, 0.5) is 13.2 Å². The fourth-order valence-electron chi connectivity index (χ4n) is 2.14. The van der Waals surface area contributed by atoms with E-state index < -0.39 is 17.4 Å². The highest BCUT2D eigenvalue weighted by Crippen LogP contribution is 2.61. The van der Waals surface area contributed by atoms with E-state index in [1.165, 1.54) is 17.9 Å². The molecule has 0 saturated heterocycles. The summed E-state index contributed by atoms with van der Waals surface area (Å²) in [6, 6.07) is 0. The van der Waals surface area contributed by atoms with E-state index in [4.69, 9.17) is 5.73 Å². The van der Waals surface area contributed by atoms with E-state index in [-0.39, 0.29) is 11.0 Å². The van der Waals surface area contributed by atoms with Crippen LogP contribution in [0.3, 0.4) is 0 Å². The Morgan fingerprint density at radius 3 is 2.31 bits per heavy atom. The quantitative estimate of drug-likeness (QED) is 0.806. The molecule has 6 heteroatoms. The molecular formula is C10H14F3N3. The number of alkyl halides is 3. The molecular weight excluding hydrogens is 219 g/mol. The van der Waals surface area contributed by atoms with Gasteiger partial charge in [-0.3, -0.25) is 4.68 Å². The topological polar surface area (TPSA) is 43.8 Å². The minimum Gasteiger partial charge on any atom is -0.321 e. The molecule has 2 rings (SSSR count). The van der Waals surface area contributed by atoms with Crippen molar-refractivity contribution in [2.24, 2.45) is 18.2 Å². The third-order valence-corrected chi connectivity index (χ3v) is 3.38. The van der Waals surface area contributed by atoms with E-state index >= 15 is 0 Å². The summed E-state index contributed by atoms with van der Waals surface area (Å²) in [7, 11) is 1.47. The first kappa shape index (κ1) is 11.4. The summed E-state index contributed by atoms with van der Waals surface area (Å²) in [6.45, 7) is 3.72. The van der Waals surface area contributed by atoms with Crippen LogP contribution >= 0.6 is 0 Å². The Hall–Kier alpha value is -1.04. The molecule has 1 heterocycles. The maximum atomic E-state index is 12.7. The highest BCUT2D eigenvalue weighted by molar-refractivity contribution is 5.38. The van der Waals surface area contributed by atoms with Crippen LogP contribution in [0.2, 0.25) is 0 Å². The van der Waals surface area contributed by atoms with Gasteiger partial charge in [-0.1, -0.05) is 13.8 Å². The zero-order valence-corrected chi connectivity index (χ0v) is 9.39. The monoisotopic (exact) mass is 233 g/mol. The van der Waals surface area contributed by atoms with Crippen LogP contribution in [0.1, 0.15) is 31.5 Å². The molecule has 0 amide bonds. The highest BCUT2D eigenvalue weighted by atomic mass is 19.4. The first-order chi connectivity index (χ1) is 7.08. The van der Waals surface area contributed by atoms with Crippen molar-refractivity contribution in [3.63, 3.8) is 0 Å². The fourth-order valence-corrected chi connectivity index (χ4v) is 2.14. The molecule has 2 N–H and O–H groups in total. The van der Waals surface area contributed by atoms with Gasteiger partial charge in [-0.15, -0.1) is 0 Å². The molecule has 0 radical (unpaired) electrons. The Morgan fingerprint density at radius 2 is 1.94 bits per heavy atom. The van der Waals surface area contributed by atoms with Crippen LogP contribution in [0.25, 0.3) is 0 Å². The largest absolute Gasteiger partial charge is 0.435 e. The number of aryl methyl sites for hydroxylation is 1. The maximum Gasteiger partial charge on any atom is 0.435 e. The average Bonchev–Trinajstić information content (AvgIpc) is 2.46. The van der Waals surface area contributed by atoms with Crippen molar-refractivity contribution in [1.29, 1.82) is 0 Å². The minimum atomic E-state index is -4.44. The lowest BCUT2D eigenvalue weighted by Gasteiger charge is -2.15. The number of hydrogen-bond donors (Lipinski definition) is 1. The molecule has 16 heavy (non-hydrogen) atoms. The molecule has 0 bridgehead atoms. The van der Waals surface area contributed by atoms with Gasteiger partial charge in [0.25, 0.3) is 0 Å². The Labute approximate surface area is 91.4 Å². The molecule has 90 valence electrons.